The summed E-state index contributed by atoms with van der Waals surface area (Å²) in [4.78, 5) is -0.0177. The smallest absolute Gasteiger partial charge is 0.339 e. The van der Waals surface area contributed by atoms with Gasteiger partial charge in [0, 0.05) is 6.07 Å². The number of methoxy groups -OCH3 is 2. The number of rotatable bonds is 5. The monoisotopic (exact) mass is 372 g/mol. The summed E-state index contributed by atoms with van der Waals surface area (Å²) in [5.41, 5.74) is 0. The van der Waals surface area contributed by atoms with Crippen LogP contribution in [0.2, 0.25) is 0 Å². The van der Waals surface area contributed by atoms with Crippen molar-refractivity contribution in [3.8, 4) is 17.2 Å². The normalized spacial score (nSPS) is 11.0. The van der Waals surface area contributed by atoms with Crippen molar-refractivity contribution >= 4 is 26.0 Å². The molecule has 21 heavy (non-hydrogen) atoms. The van der Waals surface area contributed by atoms with Crippen molar-refractivity contribution in [1.82, 2.24) is 0 Å². The number of benzene rings is 2. The van der Waals surface area contributed by atoms with Gasteiger partial charge < -0.3 is 13.7 Å². The van der Waals surface area contributed by atoms with Gasteiger partial charge in [0.15, 0.2) is 17.2 Å². The summed E-state index contributed by atoms with van der Waals surface area (Å²) in [6.07, 6.45) is 0. The Bertz CT molecular complexity index is 743. The van der Waals surface area contributed by atoms with Crippen LogP contribution in [0.15, 0.2) is 51.8 Å². The summed E-state index contributed by atoms with van der Waals surface area (Å²) < 4.78 is 40.4. The van der Waals surface area contributed by atoms with E-state index >= 15 is 0 Å². The van der Waals surface area contributed by atoms with Gasteiger partial charge in [0.2, 0.25) is 0 Å². The number of halogens is 1. The maximum atomic E-state index is 12.3. The van der Waals surface area contributed by atoms with E-state index in [-0.39, 0.29) is 10.6 Å². The van der Waals surface area contributed by atoms with Crippen LogP contribution < -0.4 is 13.7 Å². The zero-order valence-corrected chi connectivity index (χ0v) is 13.8. The quantitative estimate of drug-likeness (QED) is 0.753. The Hall–Kier alpha value is -1.73. The third kappa shape index (κ3) is 3.48. The first kappa shape index (κ1) is 15.7. The van der Waals surface area contributed by atoms with E-state index < -0.39 is 10.1 Å². The lowest BCUT2D eigenvalue weighted by atomic mass is 10.3. The second-order valence-electron chi connectivity index (χ2n) is 3.98. The minimum Gasteiger partial charge on any atom is -0.493 e. The fourth-order valence-corrected chi connectivity index (χ4v) is 3.09. The van der Waals surface area contributed by atoms with Crippen LogP contribution >= 0.6 is 15.9 Å². The number of hydrogen-bond acceptors (Lipinski definition) is 5. The predicted molar refractivity (Wildman–Crippen MR) is 81.5 cm³/mol. The minimum atomic E-state index is -3.96. The molecule has 112 valence electrons. The zero-order valence-electron chi connectivity index (χ0n) is 11.4. The second kappa shape index (κ2) is 6.36. The maximum Gasteiger partial charge on any atom is 0.339 e. The molecular formula is C14H13BrO5S. The Morgan fingerprint density at radius 3 is 2.19 bits per heavy atom. The molecule has 0 fully saturated rings. The van der Waals surface area contributed by atoms with Gasteiger partial charge in [0.25, 0.3) is 0 Å². The molecule has 0 radical (unpaired) electrons. The van der Waals surface area contributed by atoms with Gasteiger partial charge in [-0.05, 0) is 40.2 Å². The van der Waals surface area contributed by atoms with Gasteiger partial charge in [0.05, 0.1) is 18.7 Å². The summed E-state index contributed by atoms with van der Waals surface area (Å²) in [6, 6.07) is 11.0. The molecule has 0 N–H and O–H groups in total. The lowest BCUT2D eigenvalue weighted by molar-refractivity contribution is 0.353. The molecule has 2 rings (SSSR count). The summed E-state index contributed by atoms with van der Waals surface area (Å²) >= 11 is 3.24. The SMILES string of the molecule is COc1ccc(S(=O)(=O)Oc2ccccc2Br)cc1OC. The molecular weight excluding hydrogens is 360 g/mol. The van der Waals surface area contributed by atoms with Crippen LogP contribution in [-0.4, -0.2) is 22.6 Å². The van der Waals surface area contributed by atoms with E-state index in [1.54, 1.807) is 24.3 Å². The summed E-state index contributed by atoms with van der Waals surface area (Å²) in [7, 11) is -1.05. The van der Waals surface area contributed by atoms with Crippen LogP contribution in [-0.2, 0) is 10.1 Å². The van der Waals surface area contributed by atoms with Crippen LogP contribution in [0.3, 0.4) is 0 Å². The Morgan fingerprint density at radius 2 is 1.57 bits per heavy atom. The summed E-state index contributed by atoms with van der Waals surface area (Å²) in [5, 5.41) is 0. The van der Waals surface area contributed by atoms with Gasteiger partial charge in [-0.1, -0.05) is 12.1 Å². The van der Waals surface area contributed by atoms with E-state index in [1.165, 1.54) is 32.4 Å². The largest absolute Gasteiger partial charge is 0.493 e. The van der Waals surface area contributed by atoms with Crippen LogP contribution in [0, 0.1) is 0 Å². The molecule has 0 saturated heterocycles. The molecule has 0 aliphatic carbocycles. The molecule has 0 amide bonds. The van der Waals surface area contributed by atoms with Crippen molar-refractivity contribution in [3.05, 3.63) is 46.9 Å². The highest BCUT2D eigenvalue weighted by Crippen LogP contribution is 2.32. The van der Waals surface area contributed by atoms with Crippen molar-refractivity contribution in [2.75, 3.05) is 14.2 Å². The molecule has 0 heterocycles. The van der Waals surface area contributed by atoms with E-state index in [2.05, 4.69) is 15.9 Å². The first-order valence-electron chi connectivity index (χ1n) is 5.89. The highest BCUT2D eigenvalue weighted by atomic mass is 79.9. The number of hydrogen-bond donors (Lipinski definition) is 0. The van der Waals surface area contributed by atoms with E-state index in [9.17, 15) is 8.42 Å². The van der Waals surface area contributed by atoms with Crippen molar-refractivity contribution in [2.24, 2.45) is 0 Å². The Balaban J connectivity index is 2.38. The lowest BCUT2D eigenvalue weighted by Crippen LogP contribution is -2.10. The molecule has 5 nitrogen and oxygen atoms in total. The third-order valence-corrected chi connectivity index (χ3v) is 4.57. The zero-order chi connectivity index (χ0) is 15.5. The molecule has 0 unspecified atom stereocenters. The van der Waals surface area contributed by atoms with Gasteiger partial charge in [-0.25, -0.2) is 0 Å². The third-order valence-electron chi connectivity index (χ3n) is 2.68. The second-order valence-corrected chi connectivity index (χ2v) is 6.39. The average molecular weight is 373 g/mol. The van der Waals surface area contributed by atoms with Gasteiger partial charge >= 0.3 is 10.1 Å². The lowest BCUT2D eigenvalue weighted by Gasteiger charge is -2.11. The van der Waals surface area contributed by atoms with Crippen molar-refractivity contribution in [3.63, 3.8) is 0 Å². The topological polar surface area (TPSA) is 61.8 Å². The number of para-hydroxylation sites is 1. The van der Waals surface area contributed by atoms with Gasteiger partial charge in [0.1, 0.15) is 4.90 Å². The standard InChI is InChI=1S/C14H13BrO5S/c1-18-13-8-7-10(9-14(13)19-2)21(16,17)20-12-6-4-3-5-11(12)15/h3-9H,1-2H3. The molecule has 0 spiro atoms. The summed E-state index contributed by atoms with van der Waals surface area (Å²) in [5.74, 6) is 0.971. The Labute approximate surface area is 131 Å². The fraction of sp³-hybridized carbons (Fsp3) is 0.143. The van der Waals surface area contributed by atoms with E-state index in [0.717, 1.165) is 0 Å². The molecule has 7 heteroatoms. The van der Waals surface area contributed by atoms with E-state index in [4.69, 9.17) is 13.7 Å². The van der Waals surface area contributed by atoms with Crippen LogP contribution in [0.5, 0.6) is 17.2 Å². The summed E-state index contributed by atoms with van der Waals surface area (Å²) in [6.45, 7) is 0. The van der Waals surface area contributed by atoms with Crippen molar-refractivity contribution in [2.45, 2.75) is 4.90 Å². The molecule has 0 atom stereocenters. The van der Waals surface area contributed by atoms with E-state index in [0.29, 0.717) is 16.0 Å². The molecule has 2 aromatic carbocycles. The maximum absolute atomic E-state index is 12.3. The highest BCUT2D eigenvalue weighted by Gasteiger charge is 2.20. The average Bonchev–Trinajstić information content (AvgIpc) is 2.48. The van der Waals surface area contributed by atoms with E-state index in [1.807, 2.05) is 0 Å². The minimum absolute atomic E-state index is 0.0177. The van der Waals surface area contributed by atoms with Gasteiger partial charge in [-0.3, -0.25) is 0 Å². The highest BCUT2D eigenvalue weighted by molar-refractivity contribution is 9.10. The first-order valence-corrected chi connectivity index (χ1v) is 8.09. The molecule has 0 saturated carbocycles. The number of ether oxygens (including phenoxy) is 2. The Morgan fingerprint density at radius 1 is 0.905 bits per heavy atom. The molecule has 0 bridgehead atoms. The van der Waals surface area contributed by atoms with Crippen LogP contribution in [0.1, 0.15) is 0 Å². The fourth-order valence-electron chi connectivity index (χ4n) is 1.65. The molecule has 0 aromatic heterocycles. The molecule has 0 aliphatic heterocycles. The van der Waals surface area contributed by atoms with Crippen molar-refractivity contribution < 1.29 is 22.1 Å². The molecule has 2 aromatic rings. The van der Waals surface area contributed by atoms with Crippen molar-refractivity contribution in [1.29, 1.82) is 0 Å². The predicted octanol–water partition coefficient (Wildman–Crippen LogP) is 3.23. The Kier molecular flexibility index (Phi) is 4.74. The van der Waals surface area contributed by atoms with Gasteiger partial charge in [-0.15, -0.1) is 0 Å². The molecule has 0 aliphatic rings. The van der Waals surface area contributed by atoms with Crippen LogP contribution in [0.4, 0.5) is 0 Å². The van der Waals surface area contributed by atoms with Crippen LogP contribution in [0.25, 0.3) is 0 Å². The first-order chi connectivity index (χ1) is 9.97. The van der Waals surface area contributed by atoms with Gasteiger partial charge in [-0.2, -0.15) is 8.42 Å².